The molecule has 0 spiro atoms. The van der Waals surface area contributed by atoms with Crippen LogP contribution in [0, 0.1) is 11.3 Å². The molecule has 0 saturated heterocycles. The van der Waals surface area contributed by atoms with E-state index in [1.54, 1.807) is 6.07 Å². The molecule has 3 rings (SSSR count). The summed E-state index contributed by atoms with van der Waals surface area (Å²) in [6, 6.07) is 9.29. The predicted molar refractivity (Wildman–Crippen MR) is 100 cm³/mol. The van der Waals surface area contributed by atoms with Gasteiger partial charge in [-0.25, -0.2) is 4.98 Å². The van der Waals surface area contributed by atoms with E-state index < -0.39 is 0 Å². The Morgan fingerprint density at radius 2 is 2.12 bits per heavy atom. The molecular formula is C19H21N5O2. The molecule has 134 valence electrons. The summed E-state index contributed by atoms with van der Waals surface area (Å²) in [5.41, 5.74) is 8.83. The third-order valence-corrected chi connectivity index (χ3v) is 3.86. The van der Waals surface area contributed by atoms with Crippen molar-refractivity contribution in [1.82, 2.24) is 9.97 Å². The number of aromatic nitrogens is 2. The van der Waals surface area contributed by atoms with Crippen molar-refractivity contribution in [3.8, 4) is 11.9 Å². The molecule has 0 aliphatic rings. The first-order valence-corrected chi connectivity index (χ1v) is 8.64. The molecule has 0 unspecified atom stereocenters. The van der Waals surface area contributed by atoms with Crippen LogP contribution in [0.2, 0.25) is 0 Å². The number of nitrogen functional groups attached to an aromatic ring is 1. The maximum Gasteiger partial charge on any atom is 0.235 e. The van der Waals surface area contributed by atoms with Crippen molar-refractivity contribution in [1.29, 1.82) is 5.26 Å². The number of rotatable bonds is 7. The van der Waals surface area contributed by atoms with Gasteiger partial charge in [0, 0.05) is 24.2 Å². The number of fused-ring (bicyclic) bond motifs is 1. The monoisotopic (exact) mass is 351 g/mol. The molecule has 0 saturated carbocycles. The van der Waals surface area contributed by atoms with Crippen LogP contribution >= 0.6 is 0 Å². The molecule has 3 N–H and O–H groups in total. The third-order valence-electron chi connectivity index (χ3n) is 3.86. The van der Waals surface area contributed by atoms with Crippen LogP contribution in [0.1, 0.15) is 38.1 Å². The average molecular weight is 351 g/mol. The summed E-state index contributed by atoms with van der Waals surface area (Å²) in [6.45, 7) is 4.36. The number of aryl methyl sites for hydroxylation is 1. The Labute approximate surface area is 151 Å². The zero-order valence-electron chi connectivity index (χ0n) is 14.9. The number of nitrogens with two attached hydrogens (primary N) is 1. The van der Waals surface area contributed by atoms with Gasteiger partial charge in [0.1, 0.15) is 23.0 Å². The van der Waals surface area contributed by atoms with Crippen LogP contribution in [-0.2, 0) is 6.42 Å². The minimum absolute atomic E-state index is 0.222. The zero-order valence-corrected chi connectivity index (χ0v) is 14.9. The van der Waals surface area contributed by atoms with Crippen LogP contribution in [0.3, 0.4) is 0 Å². The Morgan fingerprint density at radius 1 is 1.27 bits per heavy atom. The van der Waals surface area contributed by atoms with Gasteiger partial charge in [0.15, 0.2) is 11.5 Å². The summed E-state index contributed by atoms with van der Waals surface area (Å²) in [5.74, 6) is 1.47. The smallest absolute Gasteiger partial charge is 0.235 e. The van der Waals surface area contributed by atoms with E-state index in [0.29, 0.717) is 23.7 Å². The summed E-state index contributed by atoms with van der Waals surface area (Å²) in [4.78, 5) is 8.82. The van der Waals surface area contributed by atoms with Gasteiger partial charge in [0.2, 0.25) is 5.88 Å². The lowest BCUT2D eigenvalue weighted by Gasteiger charge is -2.11. The van der Waals surface area contributed by atoms with Gasteiger partial charge in [-0.3, -0.25) is 0 Å². The molecule has 0 radical (unpaired) electrons. The van der Waals surface area contributed by atoms with Crippen LogP contribution in [0.15, 0.2) is 28.7 Å². The van der Waals surface area contributed by atoms with Gasteiger partial charge in [0.05, 0.1) is 12.3 Å². The minimum atomic E-state index is 0.222. The maximum atomic E-state index is 9.20. The highest BCUT2D eigenvalue weighted by Gasteiger charge is 2.13. The highest BCUT2D eigenvalue weighted by molar-refractivity contribution is 5.79. The first-order chi connectivity index (χ1) is 12.6. The molecule has 0 bridgehead atoms. The fourth-order valence-corrected chi connectivity index (χ4v) is 2.59. The lowest BCUT2D eigenvalue weighted by molar-refractivity contribution is 0.326. The van der Waals surface area contributed by atoms with E-state index in [1.807, 2.05) is 31.2 Å². The fraction of sp³-hybridized carbons (Fsp3) is 0.316. The average Bonchev–Trinajstić information content (AvgIpc) is 3.02. The SMILES string of the molecule is CCCCc1nc2ccc(Nc3cc(N)c(C#N)c(OCC)n3)cc2o1. The molecule has 0 fully saturated rings. The molecule has 0 aliphatic heterocycles. The number of ether oxygens (including phenoxy) is 1. The van der Waals surface area contributed by atoms with Crippen molar-refractivity contribution in [3.63, 3.8) is 0 Å². The van der Waals surface area contributed by atoms with Crippen molar-refractivity contribution >= 4 is 28.3 Å². The largest absolute Gasteiger partial charge is 0.477 e. The molecule has 0 aliphatic carbocycles. The molecule has 7 heteroatoms. The van der Waals surface area contributed by atoms with Crippen LogP contribution in [-0.4, -0.2) is 16.6 Å². The minimum Gasteiger partial charge on any atom is -0.477 e. The van der Waals surface area contributed by atoms with Gasteiger partial charge >= 0.3 is 0 Å². The van der Waals surface area contributed by atoms with Crippen LogP contribution in [0.25, 0.3) is 11.1 Å². The topological polar surface area (TPSA) is 110 Å². The summed E-state index contributed by atoms with van der Waals surface area (Å²) < 4.78 is 11.2. The standard InChI is InChI=1S/C19H21N5O2/c1-3-5-6-18-23-15-8-7-12(9-16(15)26-18)22-17-10-14(21)13(11-20)19(24-17)25-4-2/h7-10H,3-6H2,1-2H3,(H3,21,22,24). The van der Waals surface area contributed by atoms with Gasteiger partial charge in [-0.1, -0.05) is 13.3 Å². The second-order valence-electron chi connectivity index (χ2n) is 5.84. The van der Waals surface area contributed by atoms with Crippen molar-refractivity contribution in [2.24, 2.45) is 0 Å². The number of nitriles is 1. The normalized spacial score (nSPS) is 10.7. The molecule has 1 aromatic carbocycles. The molecule has 2 aromatic heterocycles. The van der Waals surface area contributed by atoms with E-state index in [9.17, 15) is 5.26 Å². The lowest BCUT2D eigenvalue weighted by atomic mass is 10.2. The second-order valence-corrected chi connectivity index (χ2v) is 5.84. The number of unbranched alkanes of at least 4 members (excludes halogenated alkanes) is 1. The lowest BCUT2D eigenvalue weighted by Crippen LogP contribution is -2.04. The summed E-state index contributed by atoms with van der Waals surface area (Å²) in [7, 11) is 0. The molecule has 26 heavy (non-hydrogen) atoms. The van der Waals surface area contributed by atoms with Crippen molar-refractivity contribution in [2.75, 3.05) is 17.7 Å². The third kappa shape index (κ3) is 3.70. The fourth-order valence-electron chi connectivity index (χ4n) is 2.59. The Hall–Kier alpha value is -3.27. The van der Waals surface area contributed by atoms with Crippen LogP contribution in [0.4, 0.5) is 17.2 Å². The number of hydrogen-bond donors (Lipinski definition) is 2. The number of anilines is 3. The van der Waals surface area contributed by atoms with E-state index in [4.69, 9.17) is 14.9 Å². The van der Waals surface area contributed by atoms with Crippen LogP contribution in [0.5, 0.6) is 5.88 Å². The first-order valence-electron chi connectivity index (χ1n) is 8.64. The quantitative estimate of drug-likeness (QED) is 0.657. The molecule has 7 nitrogen and oxygen atoms in total. The van der Waals surface area contributed by atoms with E-state index in [-0.39, 0.29) is 11.4 Å². The number of nitrogens with zero attached hydrogens (tertiary/aromatic N) is 3. The Bertz CT molecular complexity index is 958. The van der Waals surface area contributed by atoms with E-state index in [0.717, 1.165) is 36.4 Å². The summed E-state index contributed by atoms with van der Waals surface area (Å²) >= 11 is 0. The highest BCUT2D eigenvalue weighted by Crippen LogP contribution is 2.28. The molecular weight excluding hydrogens is 330 g/mol. The molecule has 0 atom stereocenters. The van der Waals surface area contributed by atoms with Crippen LogP contribution < -0.4 is 15.8 Å². The van der Waals surface area contributed by atoms with Crippen molar-refractivity contribution in [3.05, 3.63) is 35.7 Å². The number of hydrogen-bond acceptors (Lipinski definition) is 7. The number of nitrogens with one attached hydrogen (secondary N) is 1. The Kier molecular flexibility index (Phi) is 5.23. The second kappa shape index (κ2) is 7.74. The summed E-state index contributed by atoms with van der Waals surface area (Å²) in [6.07, 6.45) is 2.98. The molecule has 0 amide bonds. The van der Waals surface area contributed by atoms with Crippen molar-refractivity contribution in [2.45, 2.75) is 33.1 Å². The van der Waals surface area contributed by atoms with Gasteiger partial charge < -0.3 is 20.2 Å². The van der Waals surface area contributed by atoms with Gasteiger partial charge in [-0.2, -0.15) is 10.2 Å². The van der Waals surface area contributed by atoms with Gasteiger partial charge in [-0.15, -0.1) is 0 Å². The predicted octanol–water partition coefficient (Wildman–Crippen LogP) is 4.16. The first kappa shape index (κ1) is 17.5. The highest BCUT2D eigenvalue weighted by atomic mass is 16.5. The van der Waals surface area contributed by atoms with E-state index in [1.165, 1.54) is 0 Å². The number of benzene rings is 1. The van der Waals surface area contributed by atoms with E-state index in [2.05, 4.69) is 22.2 Å². The van der Waals surface area contributed by atoms with E-state index >= 15 is 0 Å². The summed E-state index contributed by atoms with van der Waals surface area (Å²) in [5, 5.41) is 12.4. The molecule has 3 aromatic rings. The molecule has 2 heterocycles. The van der Waals surface area contributed by atoms with Crippen molar-refractivity contribution < 1.29 is 9.15 Å². The van der Waals surface area contributed by atoms with Gasteiger partial charge in [-0.05, 0) is 25.5 Å². The maximum absolute atomic E-state index is 9.20. The number of oxazole rings is 1. The zero-order chi connectivity index (χ0) is 18.5. The van der Waals surface area contributed by atoms with Gasteiger partial charge in [0.25, 0.3) is 0 Å². The Morgan fingerprint density at radius 3 is 2.85 bits per heavy atom. The Balaban J connectivity index is 1.87. The number of pyridine rings is 1.